The topological polar surface area (TPSA) is 30.5 Å². The molecule has 0 radical (unpaired) electrons. The van der Waals surface area contributed by atoms with E-state index in [0.717, 1.165) is 41.3 Å². The molecule has 4 saturated carbocycles. The van der Waals surface area contributed by atoms with Crippen molar-refractivity contribution in [2.24, 2.45) is 23.7 Å². The van der Waals surface area contributed by atoms with Gasteiger partial charge in [0.1, 0.15) is 6.61 Å². The maximum atomic E-state index is 6.65. The van der Waals surface area contributed by atoms with Crippen molar-refractivity contribution < 1.29 is 21.9 Å². The van der Waals surface area contributed by atoms with Crippen molar-refractivity contribution in [1.29, 1.82) is 0 Å². The van der Waals surface area contributed by atoms with Crippen molar-refractivity contribution in [3.63, 3.8) is 0 Å². The third-order valence-corrected chi connectivity index (χ3v) is 8.12. The lowest BCUT2D eigenvalue weighted by Crippen LogP contribution is -3.00. The fraction of sp³-hybridized carbons (Fsp3) is 0.538. The third-order valence-electron chi connectivity index (χ3n) is 7.47. The summed E-state index contributed by atoms with van der Waals surface area (Å²) >= 11 is 12.9. The first-order chi connectivity index (χ1) is 15.1. The van der Waals surface area contributed by atoms with Crippen LogP contribution in [0.15, 0.2) is 36.4 Å². The Balaban J connectivity index is 0.00000245. The molecule has 0 heterocycles. The summed E-state index contributed by atoms with van der Waals surface area (Å²) in [6.45, 7) is 3.71. The van der Waals surface area contributed by atoms with E-state index in [4.69, 9.17) is 32.7 Å². The summed E-state index contributed by atoms with van der Waals surface area (Å²) in [5, 5.41) is 5.16. The number of halogens is 3. The molecule has 0 aromatic heterocycles. The van der Waals surface area contributed by atoms with Crippen molar-refractivity contribution in [2.45, 2.75) is 58.2 Å². The van der Waals surface area contributed by atoms with E-state index in [1.807, 2.05) is 37.3 Å². The van der Waals surface area contributed by atoms with Crippen molar-refractivity contribution in [3.8, 4) is 11.5 Å². The predicted octanol–water partition coefficient (Wildman–Crippen LogP) is 3.89. The standard InChI is InChI=1S/C26H31Cl2NO2.ClH/c1-2-30-24-13-18(12-23(28)26(24)31-15-19-5-3-4-6-22(19)27)14-29-25-20-8-16-7-17(10-20)11-21(25)9-16;/h3-6,12-13,16-17,20-21,25,29H,2,7-11,14-15H2,1H3;1H/p-1. The Labute approximate surface area is 207 Å². The van der Waals surface area contributed by atoms with Crippen LogP contribution < -0.4 is 27.2 Å². The third kappa shape index (κ3) is 5.01. The largest absolute Gasteiger partial charge is 1.00 e. The van der Waals surface area contributed by atoms with Gasteiger partial charge in [0.25, 0.3) is 0 Å². The van der Waals surface area contributed by atoms with Crippen LogP contribution in [0, 0.1) is 23.7 Å². The van der Waals surface area contributed by atoms with Crippen LogP contribution in [0.3, 0.4) is 0 Å². The maximum absolute atomic E-state index is 6.65. The van der Waals surface area contributed by atoms with Gasteiger partial charge in [-0.15, -0.1) is 0 Å². The molecule has 32 heavy (non-hydrogen) atoms. The van der Waals surface area contributed by atoms with Crippen LogP contribution >= 0.6 is 23.2 Å². The normalized spacial score (nSPS) is 27.8. The second-order valence-corrected chi connectivity index (χ2v) is 10.4. The van der Waals surface area contributed by atoms with Gasteiger partial charge in [-0.1, -0.05) is 41.4 Å². The number of benzene rings is 2. The lowest BCUT2D eigenvalue weighted by Gasteiger charge is -2.54. The molecule has 4 aliphatic carbocycles. The maximum Gasteiger partial charge on any atom is 0.180 e. The Hall–Kier alpha value is -1.13. The lowest BCUT2D eigenvalue weighted by atomic mass is 9.54. The zero-order chi connectivity index (χ0) is 21.4. The molecule has 0 saturated heterocycles. The summed E-state index contributed by atoms with van der Waals surface area (Å²) in [5.41, 5.74) is 2.07. The Morgan fingerprint density at radius 1 is 0.906 bits per heavy atom. The molecule has 3 nitrogen and oxygen atoms in total. The van der Waals surface area contributed by atoms with Crippen LogP contribution in [0.4, 0.5) is 0 Å². The van der Waals surface area contributed by atoms with Crippen LogP contribution in [-0.4, -0.2) is 12.6 Å². The average molecular weight is 496 g/mol. The highest BCUT2D eigenvalue weighted by Gasteiger charge is 2.47. The van der Waals surface area contributed by atoms with Gasteiger partial charge < -0.3 is 27.2 Å². The minimum atomic E-state index is 0. The molecular weight excluding hydrogens is 465 g/mol. The van der Waals surface area contributed by atoms with Gasteiger partial charge in [0, 0.05) is 23.2 Å². The van der Waals surface area contributed by atoms with E-state index in [9.17, 15) is 0 Å². The van der Waals surface area contributed by atoms with Gasteiger partial charge in [-0.3, -0.25) is 0 Å². The van der Waals surface area contributed by atoms with Crippen molar-refractivity contribution in [1.82, 2.24) is 5.32 Å². The zero-order valence-corrected chi connectivity index (χ0v) is 20.7. The van der Waals surface area contributed by atoms with E-state index in [-0.39, 0.29) is 12.4 Å². The van der Waals surface area contributed by atoms with E-state index in [2.05, 4.69) is 11.4 Å². The van der Waals surface area contributed by atoms with E-state index >= 15 is 0 Å². The number of hydrogen-bond acceptors (Lipinski definition) is 3. The summed E-state index contributed by atoms with van der Waals surface area (Å²) < 4.78 is 11.9. The van der Waals surface area contributed by atoms with Gasteiger partial charge in [0.2, 0.25) is 0 Å². The van der Waals surface area contributed by atoms with Crippen molar-refractivity contribution >= 4 is 23.2 Å². The van der Waals surface area contributed by atoms with Crippen LogP contribution in [0.5, 0.6) is 11.5 Å². The van der Waals surface area contributed by atoms with Gasteiger partial charge in [-0.05, 0) is 86.5 Å². The number of hydrogen-bond donors (Lipinski definition) is 1. The molecule has 6 rings (SSSR count). The SMILES string of the molecule is CCOc1cc(CNC2C3CC4CC(C3)CC2C4)cc(Cl)c1OCc1ccccc1Cl.[Cl-]. The van der Waals surface area contributed by atoms with Gasteiger partial charge in [0.15, 0.2) is 11.5 Å². The molecule has 174 valence electrons. The molecule has 0 atom stereocenters. The van der Waals surface area contributed by atoms with E-state index in [1.54, 1.807) is 0 Å². The fourth-order valence-electron chi connectivity index (χ4n) is 6.39. The predicted molar refractivity (Wildman–Crippen MR) is 126 cm³/mol. The van der Waals surface area contributed by atoms with E-state index in [1.165, 1.54) is 32.1 Å². The fourth-order valence-corrected chi connectivity index (χ4v) is 6.86. The second kappa shape index (κ2) is 10.4. The Kier molecular flexibility index (Phi) is 7.82. The van der Waals surface area contributed by atoms with Crippen LogP contribution in [0.25, 0.3) is 0 Å². The van der Waals surface area contributed by atoms with Crippen LogP contribution in [0.1, 0.15) is 50.2 Å². The van der Waals surface area contributed by atoms with E-state index < -0.39 is 0 Å². The molecule has 0 aliphatic heterocycles. The Morgan fingerprint density at radius 3 is 2.25 bits per heavy atom. The quantitative estimate of drug-likeness (QED) is 0.603. The number of rotatable bonds is 8. The lowest BCUT2D eigenvalue weighted by molar-refractivity contribution is -0.0142. The molecule has 4 fully saturated rings. The van der Waals surface area contributed by atoms with Gasteiger partial charge in [-0.2, -0.15) is 0 Å². The number of ether oxygens (including phenoxy) is 2. The summed E-state index contributed by atoms with van der Waals surface area (Å²) in [4.78, 5) is 0. The molecule has 1 N–H and O–H groups in total. The van der Waals surface area contributed by atoms with Crippen molar-refractivity contribution in [2.75, 3.05) is 6.61 Å². The van der Waals surface area contributed by atoms with Crippen LogP contribution in [-0.2, 0) is 13.2 Å². The first-order valence-corrected chi connectivity index (χ1v) is 12.4. The first kappa shape index (κ1) is 24.0. The molecular formula is C26H31Cl3NO2-. The highest BCUT2D eigenvalue weighted by molar-refractivity contribution is 6.32. The van der Waals surface area contributed by atoms with Gasteiger partial charge in [0.05, 0.1) is 11.6 Å². The minimum Gasteiger partial charge on any atom is -1.00 e. The summed E-state index contributed by atoms with van der Waals surface area (Å²) in [6, 6.07) is 12.4. The monoisotopic (exact) mass is 494 g/mol. The molecule has 4 bridgehead atoms. The highest BCUT2D eigenvalue weighted by atomic mass is 35.5. The molecule has 0 amide bonds. The molecule has 6 heteroatoms. The smallest absolute Gasteiger partial charge is 0.180 e. The summed E-state index contributed by atoms with van der Waals surface area (Å²) in [6.07, 6.45) is 7.17. The molecule has 0 spiro atoms. The number of nitrogens with one attached hydrogen (secondary N) is 1. The average Bonchev–Trinajstić information content (AvgIpc) is 2.73. The highest BCUT2D eigenvalue weighted by Crippen LogP contribution is 2.53. The molecule has 0 unspecified atom stereocenters. The first-order valence-electron chi connectivity index (χ1n) is 11.7. The van der Waals surface area contributed by atoms with Gasteiger partial charge >= 0.3 is 0 Å². The Morgan fingerprint density at radius 2 is 1.59 bits per heavy atom. The minimum absolute atomic E-state index is 0. The summed E-state index contributed by atoms with van der Waals surface area (Å²) in [5.74, 6) is 4.99. The molecule has 2 aromatic rings. The zero-order valence-electron chi connectivity index (χ0n) is 18.5. The van der Waals surface area contributed by atoms with Gasteiger partial charge in [-0.25, -0.2) is 0 Å². The Bertz CT molecular complexity index is 907. The second-order valence-electron chi connectivity index (χ2n) is 9.56. The molecule has 4 aliphatic rings. The van der Waals surface area contributed by atoms with E-state index in [0.29, 0.717) is 40.8 Å². The van der Waals surface area contributed by atoms with Crippen molar-refractivity contribution in [3.05, 3.63) is 57.6 Å². The molecule has 2 aromatic carbocycles. The van der Waals surface area contributed by atoms with Crippen LogP contribution in [0.2, 0.25) is 10.0 Å². The summed E-state index contributed by atoms with van der Waals surface area (Å²) in [7, 11) is 0.